The van der Waals surface area contributed by atoms with E-state index >= 15 is 0 Å². The van der Waals surface area contributed by atoms with Crippen molar-refractivity contribution in [1.82, 2.24) is 15.3 Å². The van der Waals surface area contributed by atoms with E-state index in [2.05, 4.69) is 18.3 Å². The van der Waals surface area contributed by atoms with Crippen LogP contribution < -0.4 is 5.32 Å². The van der Waals surface area contributed by atoms with Gasteiger partial charge in [0.1, 0.15) is 6.61 Å². The number of amides is 1. The van der Waals surface area contributed by atoms with Crippen LogP contribution in [-0.2, 0) is 30.4 Å². The van der Waals surface area contributed by atoms with Gasteiger partial charge in [-0.2, -0.15) is 0 Å². The second-order valence-electron chi connectivity index (χ2n) is 12.9. The average molecular weight is 590 g/mol. The van der Waals surface area contributed by atoms with E-state index in [9.17, 15) is 9.59 Å². The summed E-state index contributed by atoms with van der Waals surface area (Å²) in [6.07, 6.45) is 28.5. The third-order valence-electron chi connectivity index (χ3n) is 9.16. The SMILES string of the molecule is CCC[C@@H](COC(=O)c1cc2cnc1CCCCCCCCCC2)NC(=O)c1cc2cnc1CCCCCCCCCC2. The highest BCUT2D eigenvalue weighted by molar-refractivity contribution is 5.95. The van der Waals surface area contributed by atoms with Crippen molar-refractivity contribution in [2.45, 2.75) is 154 Å². The maximum absolute atomic E-state index is 13.7. The van der Waals surface area contributed by atoms with Gasteiger partial charge in [-0.3, -0.25) is 14.8 Å². The molecule has 6 nitrogen and oxygen atoms in total. The van der Waals surface area contributed by atoms with E-state index in [4.69, 9.17) is 14.7 Å². The van der Waals surface area contributed by atoms with Gasteiger partial charge in [0.05, 0.1) is 28.6 Å². The molecule has 1 N–H and O–H groups in total. The van der Waals surface area contributed by atoms with Gasteiger partial charge in [0, 0.05) is 12.4 Å². The predicted octanol–water partition coefficient (Wildman–Crippen LogP) is 8.67. The van der Waals surface area contributed by atoms with Gasteiger partial charge in [0.25, 0.3) is 5.91 Å². The summed E-state index contributed by atoms with van der Waals surface area (Å²) >= 11 is 0. The number of esters is 1. The van der Waals surface area contributed by atoms with Crippen LogP contribution in [-0.4, -0.2) is 34.5 Å². The molecule has 0 spiro atoms. The smallest absolute Gasteiger partial charge is 0.340 e. The second kappa shape index (κ2) is 18.8. The molecule has 6 rings (SSSR count). The van der Waals surface area contributed by atoms with Gasteiger partial charge < -0.3 is 10.1 Å². The van der Waals surface area contributed by atoms with Crippen molar-refractivity contribution in [2.24, 2.45) is 0 Å². The van der Waals surface area contributed by atoms with Crippen molar-refractivity contribution in [3.8, 4) is 0 Å². The van der Waals surface area contributed by atoms with Crippen molar-refractivity contribution >= 4 is 11.9 Å². The van der Waals surface area contributed by atoms with Gasteiger partial charge in [0.2, 0.25) is 0 Å². The first-order valence-corrected chi connectivity index (χ1v) is 17.6. The number of pyridine rings is 2. The molecule has 4 heterocycles. The highest BCUT2D eigenvalue weighted by atomic mass is 16.5. The number of fused-ring (bicyclic) bond motifs is 22. The average Bonchev–Trinajstić information content (AvgIpc) is 3.02. The fraction of sp³-hybridized carbons (Fsp3) is 0.676. The van der Waals surface area contributed by atoms with Gasteiger partial charge in [0.15, 0.2) is 0 Å². The van der Waals surface area contributed by atoms with Crippen molar-refractivity contribution in [3.63, 3.8) is 0 Å². The maximum Gasteiger partial charge on any atom is 0.340 e. The fourth-order valence-electron chi connectivity index (χ4n) is 6.55. The van der Waals surface area contributed by atoms with Crippen LogP contribution >= 0.6 is 0 Å². The zero-order valence-corrected chi connectivity index (χ0v) is 26.8. The monoisotopic (exact) mass is 589 g/mol. The quantitative estimate of drug-likeness (QED) is 0.327. The number of nitrogens with one attached hydrogen (secondary N) is 1. The van der Waals surface area contributed by atoms with Crippen molar-refractivity contribution in [1.29, 1.82) is 0 Å². The normalized spacial score (nSPS) is 18.3. The van der Waals surface area contributed by atoms with Crippen LogP contribution in [0.4, 0.5) is 0 Å². The molecule has 2 aliphatic heterocycles. The van der Waals surface area contributed by atoms with Crippen molar-refractivity contribution < 1.29 is 14.3 Å². The summed E-state index contributed by atoms with van der Waals surface area (Å²) in [7, 11) is 0. The van der Waals surface area contributed by atoms with Crippen LogP contribution in [0.2, 0.25) is 0 Å². The molecule has 4 bridgehead atoms. The molecule has 0 fully saturated rings. The van der Waals surface area contributed by atoms with Crippen LogP contribution in [0.25, 0.3) is 0 Å². The fourth-order valence-corrected chi connectivity index (χ4v) is 6.55. The summed E-state index contributed by atoms with van der Waals surface area (Å²) in [6, 6.07) is 3.81. The highest BCUT2D eigenvalue weighted by Gasteiger charge is 2.21. The van der Waals surface area contributed by atoms with E-state index in [1.165, 1.54) is 77.0 Å². The number of ether oxygens (including phenoxy) is 1. The van der Waals surface area contributed by atoms with Gasteiger partial charge in [-0.15, -0.1) is 0 Å². The molecule has 1 atom stereocenters. The largest absolute Gasteiger partial charge is 0.460 e. The summed E-state index contributed by atoms with van der Waals surface area (Å²) in [4.78, 5) is 36.6. The molecule has 1 amide bonds. The number of carbonyl (C=O) groups is 2. The molecule has 2 aliphatic carbocycles. The Kier molecular flexibility index (Phi) is 14.5. The van der Waals surface area contributed by atoms with Crippen LogP contribution in [0.1, 0.15) is 166 Å². The second-order valence-corrected chi connectivity index (χ2v) is 12.9. The standard InChI is InChI=1S/C37H55N3O3/c1-2-19-31(40-36(41)32-24-29-20-15-11-7-3-5-9-13-17-22-34(32)38-26-29)28-43-37(42)33-25-30-21-16-12-8-4-6-10-14-18-23-35(33)39-27-30/h24-27,31H,2-23,28H2,1H3,(H,40,41)/t31-/m0/s1. The molecule has 2 aromatic heterocycles. The van der Waals surface area contributed by atoms with E-state index in [1.54, 1.807) is 0 Å². The molecule has 4 aliphatic rings. The molecule has 0 unspecified atom stereocenters. The lowest BCUT2D eigenvalue weighted by Gasteiger charge is -2.20. The third kappa shape index (κ3) is 11.4. The molecular weight excluding hydrogens is 534 g/mol. The Bertz CT molecular complexity index is 1150. The number of hydrogen-bond donors (Lipinski definition) is 1. The minimum Gasteiger partial charge on any atom is -0.460 e. The number of carbonyl (C=O) groups excluding carboxylic acids is 2. The Morgan fingerprint density at radius 3 is 1.63 bits per heavy atom. The first kappa shape index (κ1) is 33.1. The molecule has 236 valence electrons. The summed E-state index contributed by atoms with van der Waals surface area (Å²) in [5, 5.41) is 3.21. The predicted molar refractivity (Wildman–Crippen MR) is 174 cm³/mol. The van der Waals surface area contributed by atoms with Gasteiger partial charge in [-0.05, 0) is 81.0 Å². The van der Waals surface area contributed by atoms with Crippen molar-refractivity contribution in [2.75, 3.05) is 6.61 Å². The van der Waals surface area contributed by atoms with Crippen LogP contribution in [0.3, 0.4) is 0 Å². The Labute approximate surface area is 260 Å². The first-order chi connectivity index (χ1) is 21.1. The summed E-state index contributed by atoms with van der Waals surface area (Å²) in [5.41, 5.74) is 5.26. The molecule has 0 saturated carbocycles. The number of aromatic nitrogens is 2. The van der Waals surface area contributed by atoms with Crippen LogP contribution in [0.15, 0.2) is 24.5 Å². The zero-order valence-electron chi connectivity index (χ0n) is 26.8. The minimum atomic E-state index is -0.322. The molecule has 43 heavy (non-hydrogen) atoms. The van der Waals surface area contributed by atoms with E-state index in [0.29, 0.717) is 11.1 Å². The first-order valence-electron chi connectivity index (χ1n) is 17.6. The minimum absolute atomic E-state index is 0.100. The lowest BCUT2D eigenvalue weighted by molar-refractivity contribution is 0.0449. The van der Waals surface area contributed by atoms with Gasteiger partial charge >= 0.3 is 5.97 Å². The van der Waals surface area contributed by atoms with E-state index in [0.717, 1.165) is 86.7 Å². The summed E-state index contributed by atoms with van der Waals surface area (Å²) in [5.74, 6) is -0.422. The van der Waals surface area contributed by atoms with Gasteiger partial charge in [-0.25, -0.2) is 4.79 Å². The number of rotatable bonds is 7. The van der Waals surface area contributed by atoms with Crippen LogP contribution in [0.5, 0.6) is 0 Å². The maximum atomic E-state index is 13.7. The third-order valence-corrected chi connectivity index (χ3v) is 9.16. The molecular formula is C37H55N3O3. The Hall–Kier alpha value is -2.76. The summed E-state index contributed by atoms with van der Waals surface area (Å²) in [6.45, 7) is 2.25. The lowest BCUT2D eigenvalue weighted by Crippen LogP contribution is -2.39. The van der Waals surface area contributed by atoms with E-state index in [1.807, 2.05) is 18.5 Å². The van der Waals surface area contributed by atoms with Crippen LogP contribution in [0, 0.1) is 0 Å². The Morgan fingerprint density at radius 2 is 1.12 bits per heavy atom. The Morgan fingerprint density at radius 1 is 0.674 bits per heavy atom. The number of aryl methyl sites for hydroxylation is 4. The molecule has 0 radical (unpaired) electrons. The molecule has 0 aromatic carbocycles. The topological polar surface area (TPSA) is 81.2 Å². The summed E-state index contributed by atoms with van der Waals surface area (Å²) < 4.78 is 5.91. The molecule has 0 saturated heterocycles. The highest BCUT2D eigenvalue weighted by Crippen LogP contribution is 2.21. The van der Waals surface area contributed by atoms with E-state index in [-0.39, 0.29) is 24.5 Å². The molecule has 2 aromatic rings. The molecule has 6 heteroatoms. The van der Waals surface area contributed by atoms with Crippen molar-refractivity contribution in [3.05, 3.63) is 58.2 Å². The van der Waals surface area contributed by atoms with E-state index < -0.39 is 0 Å². The number of nitrogens with zero attached hydrogens (tertiary/aromatic N) is 2. The zero-order chi connectivity index (χ0) is 30.1. The Balaban J connectivity index is 1.43. The van der Waals surface area contributed by atoms with Gasteiger partial charge in [-0.1, -0.05) is 90.4 Å². The number of hydrogen-bond acceptors (Lipinski definition) is 5. The lowest BCUT2D eigenvalue weighted by atomic mass is 9.99.